The molecule has 2 fully saturated rings. The summed E-state index contributed by atoms with van der Waals surface area (Å²) in [5.41, 5.74) is 0.545. The summed E-state index contributed by atoms with van der Waals surface area (Å²) in [4.78, 5) is 16.9. The first kappa shape index (κ1) is 15.8. The van der Waals surface area contributed by atoms with E-state index in [0.29, 0.717) is 11.3 Å². The van der Waals surface area contributed by atoms with Gasteiger partial charge in [-0.25, -0.2) is 0 Å². The van der Waals surface area contributed by atoms with Crippen molar-refractivity contribution in [3.8, 4) is 0 Å². The Morgan fingerprint density at radius 3 is 2.25 bits per heavy atom. The van der Waals surface area contributed by atoms with Crippen molar-refractivity contribution in [3.05, 3.63) is 0 Å². The maximum absolute atomic E-state index is 12.2. The van der Waals surface area contributed by atoms with Crippen LogP contribution in [0.25, 0.3) is 0 Å². The average Bonchev–Trinajstić information content (AvgIpc) is 2.41. The van der Waals surface area contributed by atoms with Gasteiger partial charge in [-0.1, -0.05) is 27.7 Å². The highest BCUT2D eigenvalue weighted by molar-refractivity contribution is 5.78. The molecule has 1 spiro atoms. The minimum absolute atomic E-state index is 0.202. The molecule has 116 valence electrons. The number of rotatable bonds is 5. The lowest BCUT2D eigenvalue weighted by Crippen LogP contribution is -2.61. The predicted molar refractivity (Wildman–Crippen MR) is 83.6 cm³/mol. The normalized spacial score (nSPS) is 23.9. The number of nitrogens with zero attached hydrogens (tertiary/aromatic N) is 2. The minimum atomic E-state index is 0.202. The summed E-state index contributed by atoms with van der Waals surface area (Å²) in [6.07, 6.45) is 4.71. The maximum atomic E-state index is 12.2. The molecule has 0 bridgehead atoms. The summed E-state index contributed by atoms with van der Waals surface area (Å²) in [6.45, 7) is 14.5. The molecule has 0 aromatic carbocycles. The van der Waals surface area contributed by atoms with Crippen molar-refractivity contribution in [1.82, 2.24) is 9.80 Å². The highest BCUT2D eigenvalue weighted by Crippen LogP contribution is 2.40. The van der Waals surface area contributed by atoms with Gasteiger partial charge in [0.15, 0.2) is 0 Å². The Labute approximate surface area is 124 Å². The second-order valence-corrected chi connectivity index (χ2v) is 7.53. The smallest absolute Gasteiger partial charge is 0.225 e. The zero-order chi connectivity index (χ0) is 14.8. The van der Waals surface area contributed by atoms with Gasteiger partial charge in [0.2, 0.25) is 5.91 Å². The summed E-state index contributed by atoms with van der Waals surface area (Å²) in [7, 11) is 0. The lowest BCUT2D eigenvalue weighted by Gasteiger charge is -2.54. The molecule has 0 radical (unpaired) electrons. The SMILES string of the molecule is CC[C@H](C)C(=O)N1CCC2(CC1)CN(CCC(C)C)C2. The lowest BCUT2D eigenvalue weighted by atomic mass is 9.71. The second kappa shape index (κ2) is 6.46. The fourth-order valence-corrected chi connectivity index (χ4v) is 3.51. The largest absolute Gasteiger partial charge is 0.342 e. The second-order valence-electron chi connectivity index (χ2n) is 7.53. The van der Waals surface area contributed by atoms with Crippen LogP contribution in [0.1, 0.15) is 53.4 Å². The number of piperidine rings is 1. The molecule has 0 saturated carbocycles. The van der Waals surface area contributed by atoms with Gasteiger partial charge in [-0.3, -0.25) is 4.79 Å². The van der Waals surface area contributed by atoms with Gasteiger partial charge in [-0.05, 0) is 43.6 Å². The van der Waals surface area contributed by atoms with Crippen LogP contribution < -0.4 is 0 Å². The van der Waals surface area contributed by atoms with Gasteiger partial charge >= 0.3 is 0 Å². The fraction of sp³-hybridized carbons (Fsp3) is 0.941. The molecule has 3 heteroatoms. The molecule has 0 unspecified atom stereocenters. The fourth-order valence-electron chi connectivity index (χ4n) is 3.51. The van der Waals surface area contributed by atoms with Crippen molar-refractivity contribution in [2.75, 3.05) is 32.7 Å². The molecule has 2 saturated heterocycles. The van der Waals surface area contributed by atoms with E-state index in [1.165, 1.54) is 38.9 Å². The summed E-state index contributed by atoms with van der Waals surface area (Å²) in [5, 5.41) is 0. The monoisotopic (exact) mass is 280 g/mol. The van der Waals surface area contributed by atoms with E-state index in [2.05, 4.69) is 37.5 Å². The first-order valence-corrected chi connectivity index (χ1v) is 8.47. The molecule has 0 aromatic rings. The van der Waals surface area contributed by atoms with Gasteiger partial charge in [0.25, 0.3) is 0 Å². The topological polar surface area (TPSA) is 23.6 Å². The highest BCUT2D eigenvalue weighted by atomic mass is 16.2. The van der Waals surface area contributed by atoms with E-state index in [1.54, 1.807) is 0 Å². The number of hydrogen-bond donors (Lipinski definition) is 0. The molecule has 1 atom stereocenters. The highest BCUT2D eigenvalue weighted by Gasteiger charge is 2.45. The Morgan fingerprint density at radius 2 is 1.75 bits per heavy atom. The van der Waals surface area contributed by atoms with Gasteiger partial charge in [0.1, 0.15) is 0 Å². The van der Waals surface area contributed by atoms with Crippen LogP contribution in [0.2, 0.25) is 0 Å². The maximum Gasteiger partial charge on any atom is 0.225 e. The summed E-state index contributed by atoms with van der Waals surface area (Å²) in [5.74, 6) is 1.38. The van der Waals surface area contributed by atoms with Gasteiger partial charge in [-0.15, -0.1) is 0 Å². The molecule has 2 rings (SSSR count). The molecular weight excluding hydrogens is 248 g/mol. The third kappa shape index (κ3) is 3.55. The molecule has 2 aliphatic rings. The van der Waals surface area contributed by atoms with Crippen LogP contribution in [0.4, 0.5) is 0 Å². The Balaban J connectivity index is 1.72. The summed E-state index contributed by atoms with van der Waals surface area (Å²) >= 11 is 0. The van der Waals surface area contributed by atoms with Gasteiger partial charge < -0.3 is 9.80 Å². The third-order valence-corrected chi connectivity index (χ3v) is 5.31. The zero-order valence-electron chi connectivity index (χ0n) is 13.8. The molecule has 20 heavy (non-hydrogen) atoms. The van der Waals surface area contributed by atoms with Crippen molar-refractivity contribution in [2.45, 2.75) is 53.4 Å². The lowest BCUT2D eigenvalue weighted by molar-refractivity contribution is -0.140. The van der Waals surface area contributed by atoms with Gasteiger partial charge in [-0.2, -0.15) is 0 Å². The molecular formula is C17H32N2O. The average molecular weight is 280 g/mol. The van der Waals surface area contributed by atoms with E-state index in [9.17, 15) is 4.79 Å². The van der Waals surface area contributed by atoms with Crippen molar-refractivity contribution in [2.24, 2.45) is 17.3 Å². The molecule has 2 aliphatic heterocycles. The Kier molecular flexibility index (Phi) is 5.11. The van der Waals surface area contributed by atoms with Gasteiger partial charge in [0, 0.05) is 32.1 Å². The zero-order valence-corrected chi connectivity index (χ0v) is 13.8. The first-order chi connectivity index (χ1) is 9.46. The Morgan fingerprint density at radius 1 is 1.15 bits per heavy atom. The van der Waals surface area contributed by atoms with Crippen LogP contribution in [-0.4, -0.2) is 48.4 Å². The number of carbonyl (C=O) groups excluding carboxylic acids is 1. The number of hydrogen-bond acceptors (Lipinski definition) is 2. The molecule has 2 heterocycles. The van der Waals surface area contributed by atoms with E-state index >= 15 is 0 Å². The van der Waals surface area contributed by atoms with Crippen molar-refractivity contribution >= 4 is 5.91 Å². The predicted octanol–water partition coefficient (Wildman–Crippen LogP) is 3.00. The van der Waals surface area contributed by atoms with Crippen LogP contribution in [0.3, 0.4) is 0 Å². The third-order valence-electron chi connectivity index (χ3n) is 5.31. The number of carbonyl (C=O) groups is 1. The van der Waals surface area contributed by atoms with E-state index in [4.69, 9.17) is 0 Å². The van der Waals surface area contributed by atoms with Crippen molar-refractivity contribution in [3.63, 3.8) is 0 Å². The van der Waals surface area contributed by atoms with Crippen LogP contribution in [0.5, 0.6) is 0 Å². The number of likely N-dealkylation sites (tertiary alicyclic amines) is 2. The Bertz CT molecular complexity index is 324. The van der Waals surface area contributed by atoms with Crippen LogP contribution >= 0.6 is 0 Å². The minimum Gasteiger partial charge on any atom is -0.342 e. The summed E-state index contributed by atoms with van der Waals surface area (Å²) < 4.78 is 0. The van der Waals surface area contributed by atoms with Crippen molar-refractivity contribution in [1.29, 1.82) is 0 Å². The first-order valence-electron chi connectivity index (χ1n) is 8.47. The van der Waals surface area contributed by atoms with Gasteiger partial charge in [0.05, 0.1) is 0 Å². The van der Waals surface area contributed by atoms with E-state index in [1.807, 2.05) is 0 Å². The molecule has 0 N–H and O–H groups in total. The summed E-state index contributed by atoms with van der Waals surface area (Å²) in [6, 6.07) is 0. The van der Waals surface area contributed by atoms with E-state index < -0.39 is 0 Å². The van der Waals surface area contributed by atoms with Crippen LogP contribution in [-0.2, 0) is 4.79 Å². The molecule has 1 amide bonds. The van der Waals surface area contributed by atoms with Crippen molar-refractivity contribution < 1.29 is 4.79 Å². The molecule has 3 nitrogen and oxygen atoms in total. The van der Waals surface area contributed by atoms with E-state index in [-0.39, 0.29) is 5.92 Å². The molecule has 0 aliphatic carbocycles. The number of amides is 1. The Hall–Kier alpha value is -0.570. The molecule has 0 aromatic heterocycles. The quantitative estimate of drug-likeness (QED) is 0.773. The van der Waals surface area contributed by atoms with Crippen LogP contribution in [0, 0.1) is 17.3 Å². The standard InChI is InChI=1S/C17H32N2O/c1-5-15(4)16(20)19-10-7-17(8-11-19)12-18(13-17)9-6-14(2)3/h14-15H,5-13H2,1-4H3/t15-/m0/s1. The van der Waals surface area contributed by atoms with Crippen LogP contribution in [0.15, 0.2) is 0 Å². The van der Waals surface area contributed by atoms with E-state index in [0.717, 1.165) is 25.4 Å².